The minimum absolute atomic E-state index is 0.127. The van der Waals surface area contributed by atoms with E-state index in [0.29, 0.717) is 16.5 Å². The first-order valence-electron chi connectivity index (χ1n) is 7.36. The van der Waals surface area contributed by atoms with Crippen molar-refractivity contribution in [2.24, 2.45) is 0 Å². The fraction of sp³-hybridized carbons (Fsp3) is 0.188. The van der Waals surface area contributed by atoms with Gasteiger partial charge in [0.15, 0.2) is 4.77 Å². The number of ether oxygens (including phenoxy) is 1. The predicted molar refractivity (Wildman–Crippen MR) is 95.3 cm³/mol. The molecule has 0 saturated heterocycles. The van der Waals surface area contributed by atoms with Crippen LogP contribution in [0.4, 0.5) is 5.95 Å². The second-order valence-electron chi connectivity index (χ2n) is 5.41. The molecule has 3 rings (SSSR count). The number of esters is 1. The molecule has 0 spiro atoms. The molecule has 0 fully saturated rings. The Hall–Kier alpha value is -3.07. The highest BCUT2D eigenvalue weighted by Crippen LogP contribution is 2.12. The van der Waals surface area contributed by atoms with Gasteiger partial charge >= 0.3 is 5.97 Å². The van der Waals surface area contributed by atoms with E-state index < -0.39 is 5.97 Å². The van der Waals surface area contributed by atoms with E-state index in [4.69, 9.17) is 12.2 Å². The van der Waals surface area contributed by atoms with Crippen LogP contribution in [0.15, 0.2) is 29.1 Å². The van der Waals surface area contributed by atoms with Crippen molar-refractivity contribution in [2.45, 2.75) is 13.8 Å². The summed E-state index contributed by atoms with van der Waals surface area (Å²) in [4.78, 5) is 35.7. The van der Waals surface area contributed by atoms with E-state index >= 15 is 0 Å². The molecule has 0 atom stereocenters. The molecule has 0 aliphatic carbocycles. The van der Waals surface area contributed by atoms with Crippen molar-refractivity contribution in [1.29, 1.82) is 0 Å². The summed E-state index contributed by atoms with van der Waals surface area (Å²) in [7, 11) is 1.29. The van der Waals surface area contributed by atoms with Crippen molar-refractivity contribution in [3.63, 3.8) is 0 Å². The lowest BCUT2D eigenvalue weighted by Gasteiger charge is -2.11. The zero-order valence-electron chi connectivity index (χ0n) is 13.8. The van der Waals surface area contributed by atoms with Crippen LogP contribution in [0.2, 0.25) is 0 Å². The van der Waals surface area contributed by atoms with E-state index in [1.165, 1.54) is 25.3 Å². The molecule has 25 heavy (non-hydrogen) atoms. The topological polar surface area (TPSA) is 102 Å². The molecule has 0 radical (unpaired) electrons. The van der Waals surface area contributed by atoms with Crippen molar-refractivity contribution in [1.82, 2.24) is 19.6 Å². The van der Waals surface area contributed by atoms with Crippen LogP contribution in [0, 0.1) is 18.6 Å². The van der Waals surface area contributed by atoms with Gasteiger partial charge in [-0.3, -0.25) is 10.2 Å². The maximum absolute atomic E-state index is 12.7. The van der Waals surface area contributed by atoms with Gasteiger partial charge in [0.2, 0.25) is 5.95 Å². The summed E-state index contributed by atoms with van der Waals surface area (Å²) >= 11 is 5.24. The maximum Gasteiger partial charge on any atom is 0.337 e. The summed E-state index contributed by atoms with van der Waals surface area (Å²) in [6.45, 7) is 3.66. The highest BCUT2D eigenvalue weighted by molar-refractivity contribution is 7.71. The van der Waals surface area contributed by atoms with Gasteiger partial charge in [-0.2, -0.15) is 4.68 Å². The summed E-state index contributed by atoms with van der Waals surface area (Å²) in [5, 5.41) is 0.359. The summed E-state index contributed by atoms with van der Waals surface area (Å²) in [6.07, 6.45) is 0. The lowest BCUT2D eigenvalue weighted by atomic mass is 10.1. The minimum Gasteiger partial charge on any atom is -0.465 e. The number of hydrogen-bond donors (Lipinski definition) is 2. The van der Waals surface area contributed by atoms with Crippen LogP contribution < -0.4 is 11.0 Å². The Morgan fingerprint density at radius 2 is 1.92 bits per heavy atom. The van der Waals surface area contributed by atoms with E-state index in [2.05, 4.69) is 25.1 Å². The van der Waals surface area contributed by atoms with Gasteiger partial charge in [-0.1, -0.05) is 0 Å². The molecule has 2 heterocycles. The van der Waals surface area contributed by atoms with E-state index in [0.717, 1.165) is 16.1 Å². The van der Waals surface area contributed by atoms with Crippen molar-refractivity contribution < 1.29 is 9.53 Å². The molecule has 0 aliphatic heterocycles. The van der Waals surface area contributed by atoms with Crippen LogP contribution in [-0.2, 0) is 4.74 Å². The average molecular weight is 357 g/mol. The number of aromatic nitrogens is 4. The molecule has 2 aromatic heterocycles. The van der Waals surface area contributed by atoms with Crippen LogP contribution in [-0.4, -0.2) is 32.7 Å². The number of anilines is 1. The highest BCUT2D eigenvalue weighted by Gasteiger charge is 2.11. The Morgan fingerprint density at radius 3 is 2.56 bits per heavy atom. The second-order valence-corrected chi connectivity index (χ2v) is 5.80. The van der Waals surface area contributed by atoms with Crippen LogP contribution in [0.1, 0.15) is 21.7 Å². The Balaban J connectivity index is 2.12. The average Bonchev–Trinajstić information content (AvgIpc) is 2.56. The largest absolute Gasteiger partial charge is 0.465 e. The highest BCUT2D eigenvalue weighted by atomic mass is 32.1. The molecule has 8 nitrogen and oxygen atoms in total. The number of carbonyl (C=O) groups excluding carboxylic acids is 1. The third kappa shape index (κ3) is 3.26. The molecule has 9 heteroatoms. The van der Waals surface area contributed by atoms with E-state index in [1.54, 1.807) is 0 Å². The van der Waals surface area contributed by atoms with Gasteiger partial charge in [-0.25, -0.2) is 14.8 Å². The first-order valence-corrected chi connectivity index (χ1v) is 7.76. The number of nitrogens with zero attached hydrogens (tertiary/aromatic N) is 3. The van der Waals surface area contributed by atoms with Crippen molar-refractivity contribution >= 4 is 35.0 Å². The number of rotatable bonds is 3. The minimum atomic E-state index is -0.493. The zero-order valence-corrected chi connectivity index (χ0v) is 14.6. The fourth-order valence-electron chi connectivity index (χ4n) is 2.44. The monoisotopic (exact) mass is 357 g/mol. The summed E-state index contributed by atoms with van der Waals surface area (Å²) in [6, 6.07) is 6.40. The first-order chi connectivity index (χ1) is 11.9. The Morgan fingerprint density at radius 1 is 1.24 bits per heavy atom. The SMILES string of the molecule is COC(=O)c1ccc2c(=O)n(Nc3nc(C)cc(C)n3)c(=S)[nH]c2c1. The lowest BCUT2D eigenvalue weighted by molar-refractivity contribution is 0.0601. The first kappa shape index (κ1) is 16.8. The molecule has 0 unspecified atom stereocenters. The van der Waals surface area contributed by atoms with E-state index in [1.807, 2.05) is 19.9 Å². The number of hydrogen-bond acceptors (Lipinski definition) is 7. The third-order valence-electron chi connectivity index (χ3n) is 3.51. The van der Waals surface area contributed by atoms with Crippen LogP contribution in [0.25, 0.3) is 10.9 Å². The van der Waals surface area contributed by atoms with Gasteiger partial charge in [0, 0.05) is 11.4 Å². The van der Waals surface area contributed by atoms with E-state index in [-0.39, 0.29) is 16.3 Å². The van der Waals surface area contributed by atoms with Crippen molar-refractivity contribution in [3.8, 4) is 0 Å². The van der Waals surface area contributed by atoms with Gasteiger partial charge in [0.05, 0.1) is 23.6 Å². The number of aryl methyl sites for hydroxylation is 2. The number of H-pyrrole nitrogens is 1. The van der Waals surface area contributed by atoms with E-state index in [9.17, 15) is 9.59 Å². The fourth-order valence-corrected chi connectivity index (χ4v) is 2.68. The number of carbonyl (C=O) groups is 1. The third-order valence-corrected chi connectivity index (χ3v) is 3.80. The maximum atomic E-state index is 12.7. The molecule has 1 aromatic carbocycles. The normalized spacial score (nSPS) is 10.7. The molecular formula is C16H15N5O3S. The number of aromatic amines is 1. The smallest absolute Gasteiger partial charge is 0.337 e. The Kier molecular flexibility index (Phi) is 4.32. The van der Waals surface area contributed by atoms with Gasteiger partial charge in [-0.15, -0.1) is 0 Å². The quantitative estimate of drug-likeness (QED) is 0.547. The zero-order chi connectivity index (χ0) is 18.1. The van der Waals surface area contributed by atoms with Gasteiger partial charge in [0.25, 0.3) is 5.56 Å². The standard InChI is InChI=1S/C16H15N5O3S/c1-8-6-9(2)18-15(17-8)20-21-13(22)11-5-4-10(14(23)24-3)7-12(11)19-16(21)25/h4-7H,1-3H3,(H,19,25)(H,17,18,20). The Bertz CT molecular complexity index is 1080. The summed E-state index contributed by atoms with van der Waals surface area (Å²) in [5.41, 5.74) is 4.74. The van der Waals surface area contributed by atoms with Gasteiger partial charge in [-0.05, 0) is 50.3 Å². The molecule has 0 amide bonds. The molecule has 0 saturated carbocycles. The molecule has 2 N–H and O–H groups in total. The number of benzene rings is 1. The van der Waals surface area contributed by atoms with Crippen LogP contribution in [0.5, 0.6) is 0 Å². The predicted octanol–water partition coefficient (Wildman–Crippen LogP) is 2.13. The molecule has 0 bridgehead atoms. The molecule has 0 aliphatic rings. The number of methoxy groups -OCH3 is 1. The van der Waals surface area contributed by atoms with Crippen LogP contribution >= 0.6 is 12.2 Å². The lowest BCUT2D eigenvalue weighted by Crippen LogP contribution is -2.29. The second kappa shape index (κ2) is 6.44. The van der Waals surface area contributed by atoms with Crippen molar-refractivity contribution in [3.05, 3.63) is 56.3 Å². The number of nitrogens with one attached hydrogen (secondary N) is 2. The Labute approximate surface area is 147 Å². The number of fused-ring (bicyclic) bond motifs is 1. The summed E-state index contributed by atoms with van der Waals surface area (Å²) < 4.78 is 5.96. The molecule has 3 aromatic rings. The summed E-state index contributed by atoms with van der Waals surface area (Å²) in [5.74, 6) is -0.225. The molecular weight excluding hydrogens is 342 g/mol. The van der Waals surface area contributed by atoms with Gasteiger partial charge in [0.1, 0.15) is 0 Å². The van der Waals surface area contributed by atoms with Crippen molar-refractivity contribution in [2.75, 3.05) is 12.5 Å². The van der Waals surface area contributed by atoms with Crippen LogP contribution in [0.3, 0.4) is 0 Å². The molecule has 128 valence electrons. The van der Waals surface area contributed by atoms with Gasteiger partial charge < -0.3 is 9.72 Å².